The van der Waals surface area contributed by atoms with Crippen LogP contribution in [0.2, 0.25) is 5.02 Å². The van der Waals surface area contributed by atoms with Gasteiger partial charge in [0.1, 0.15) is 17.5 Å². The molecule has 0 unspecified atom stereocenters. The summed E-state index contributed by atoms with van der Waals surface area (Å²) in [5.74, 6) is 0.493. The average Bonchev–Trinajstić information content (AvgIpc) is 2.66. The van der Waals surface area contributed by atoms with Crippen molar-refractivity contribution in [2.45, 2.75) is 19.4 Å². The maximum absolute atomic E-state index is 13.0. The Bertz CT molecular complexity index is 932. The first-order valence-electron chi connectivity index (χ1n) is 8.49. The number of ether oxygens (including phenoxy) is 2. The van der Waals surface area contributed by atoms with E-state index in [4.69, 9.17) is 21.1 Å². The fraction of sp³-hybridized carbons (Fsp3) is 0.316. The minimum absolute atomic E-state index is 0.264. The van der Waals surface area contributed by atoms with Crippen molar-refractivity contribution in [2.75, 3.05) is 30.1 Å². The van der Waals surface area contributed by atoms with Crippen LogP contribution in [0.1, 0.15) is 13.3 Å². The highest BCUT2D eigenvalue weighted by molar-refractivity contribution is 7.92. The monoisotopic (exact) mass is 426 g/mol. The van der Waals surface area contributed by atoms with Gasteiger partial charge in [0, 0.05) is 11.1 Å². The quantitative estimate of drug-likeness (QED) is 0.697. The second-order valence-corrected chi connectivity index (χ2v) is 8.31. The zero-order valence-electron chi connectivity index (χ0n) is 16.1. The molecule has 1 atom stereocenters. The van der Waals surface area contributed by atoms with Crippen LogP contribution in [0.4, 0.5) is 11.4 Å². The van der Waals surface area contributed by atoms with Gasteiger partial charge in [0.25, 0.3) is 0 Å². The number of nitrogens with zero attached hydrogens (tertiary/aromatic N) is 1. The van der Waals surface area contributed by atoms with Gasteiger partial charge in [-0.05, 0) is 42.8 Å². The second kappa shape index (κ2) is 9.16. The maximum Gasteiger partial charge on any atom is 0.248 e. The standard InChI is InChI=1S/C19H23ClN2O5S/c1-5-17(22(28(4,24)25)14-8-6-13(20)7-9-14)19(23)21-16-11-10-15(26-2)12-18(16)27-3/h6-12,17H,5H2,1-4H3,(H,21,23)/t17-/m0/s1. The van der Waals surface area contributed by atoms with Gasteiger partial charge < -0.3 is 14.8 Å². The SMILES string of the molecule is CC[C@@H](C(=O)Nc1ccc(OC)cc1OC)N(c1ccc(Cl)cc1)S(C)(=O)=O. The zero-order chi connectivity index (χ0) is 20.9. The second-order valence-electron chi connectivity index (χ2n) is 6.01. The van der Waals surface area contributed by atoms with E-state index in [1.54, 1.807) is 49.4 Å². The lowest BCUT2D eigenvalue weighted by Crippen LogP contribution is -2.47. The van der Waals surface area contributed by atoms with Crippen LogP contribution >= 0.6 is 11.6 Å². The molecular formula is C19H23ClN2O5S. The van der Waals surface area contributed by atoms with E-state index in [0.717, 1.165) is 10.6 Å². The molecule has 28 heavy (non-hydrogen) atoms. The first-order chi connectivity index (χ1) is 13.2. The molecule has 1 N–H and O–H groups in total. The highest BCUT2D eigenvalue weighted by Crippen LogP contribution is 2.30. The van der Waals surface area contributed by atoms with Crippen molar-refractivity contribution in [2.24, 2.45) is 0 Å². The molecule has 0 fully saturated rings. The summed E-state index contributed by atoms with van der Waals surface area (Å²) in [5, 5.41) is 3.22. The predicted molar refractivity (Wildman–Crippen MR) is 111 cm³/mol. The van der Waals surface area contributed by atoms with Crippen LogP contribution in [0.3, 0.4) is 0 Å². The number of benzene rings is 2. The number of sulfonamides is 1. The molecule has 2 aromatic rings. The van der Waals surface area contributed by atoms with Crippen molar-refractivity contribution in [1.29, 1.82) is 0 Å². The maximum atomic E-state index is 13.0. The molecule has 2 rings (SSSR count). The number of nitrogens with one attached hydrogen (secondary N) is 1. The molecule has 152 valence electrons. The summed E-state index contributed by atoms with van der Waals surface area (Å²) in [6.45, 7) is 1.74. The van der Waals surface area contributed by atoms with Gasteiger partial charge in [-0.1, -0.05) is 18.5 Å². The van der Waals surface area contributed by atoms with E-state index >= 15 is 0 Å². The first kappa shape index (κ1) is 21.8. The van der Waals surface area contributed by atoms with Gasteiger partial charge >= 0.3 is 0 Å². The third kappa shape index (κ3) is 5.08. The number of rotatable bonds is 8. The summed E-state index contributed by atoms with van der Waals surface area (Å²) in [7, 11) is -0.733. The molecule has 9 heteroatoms. The number of methoxy groups -OCH3 is 2. The van der Waals surface area contributed by atoms with Gasteiger partial charge in [-0.15, -0.1) is 0 Å². The van der Waals surface area contributed by atoms with Crippen molar-refractivity contribution in [1.82, 2.24) is 0 Å². The Hall–Kier alpha value is -2.45. The van der Waals surface area contributed by atoms with Crippen LogP contribution in [0.5, 0.6) is 11.5 Å². The molecule has 0 saturated carbocycles. The van der Waals surface area contributed by atoms with E-state index in [2.05, 4.69) is 5.32 Å². The summed E-state index contributed by atoms with van der Waals surface area (Å²) < 4.78 is 36.4. The molecule has 0 bridgehead atoms. The number of amides is 1. The topological polar surface area (TPSA) is 84.9 Å². The van der Waals surface area contributed by atoms with Gasteiger partial charge in [0.15, 0.2) is 0 Å². The molecule has 0 aliphatic heterocycles. The van der Waals surface area contributed by atoms with Gasteiger partial charge in [-0.2, -0.15) is 0 Å². The highest BCUT2D eigenvalue weighted by Gasteiger charge is 2.32. The fourth-order valence-corrected chi connectivity index (χ4v) is 4.10. The van der Waals surface area contributed by atoms with Crippen molar-refractivity contribution in [3.63, 3.8) is 0 Å². The van der Waals surface area contributed by atoms with Crippen molar-refractivity contribution in [3.8, 4) is 11.5 Å². The Kier molecular flexibility index (Phi) is 7.15. The lowest BCUT2D eigenvalue weighted by molar-refractivity contribution is -0.117. The molecule has 0 radical (unpaired) electrons. The minimum atomic E-state index is -3.73. The Morgan fingerprint density at radius 1 is 1.14 bits per heavy atom. The molecule has 0 spiro atoms. The lowest BCUT2D eigenvalue weighted by Gasteiger charge is -2.30. The summed E-state index contributed by atoms with van der Waals surface area (Å²) in [6, 6.07) is 10.3. The molecule has 0 saturated heterocycles. The molecular weight excluding hydrogens is 404 g/mol. The Balaban J connectivity index is 2.38. The average molecular weight is 427 g/mol. The molecule has 0 aromatic heterocycles. The summed E-state index contributed by atoms with van der Waals surface area (Å²) >= 11 is 5.90. The van der Waals surface area contributed by atoms with E-state index in [1.807, 2.05) is 0 Å². The summed E-state index contributed by atoms with van der Waals surface area (Å²) in [5.41, 5.74) is 0.770. The van der Waals surface area contributed by atoms with Crippen molar-refractivity contribution < 1.29 is 22.7 Å². The van der Waals surface area contributed by atoms with E-state index < -0.39 is 22.0 Å². The van der Waals surface area contributed by atoms with Gasteiger partial charge in [-0.25, -0.2) is 8.42 Å². The summed E-state index contributed by atoms with van der Waals surface area (Å²) in [4.78, 5) is 13.0. The number of carbonyl (C=O) groups excluding carboxylic acids is 1. The zero-order valence-corrected chi connectivity index (χ0v) is 17.7. The van der Waals surface area contributed by atoms with E-state index in [0.29, 0.717) is 27.9 Å². The smallest absolute Gasteiger partial charge is 0.248 e. The van der Waals surface area contributed by atoms with Gasteiger partial charge in [0.05, 0.1) is 31.9 Å². The van der Waals surface area contributed by atoms with Gasteiger partial charge in [0.2, 0.25) is 15.9 Å². The fourth-order valence-electron chi connectivity index (χ4n) is 2.77. The third-order valence-electron chi connectivity index (χ3n) is 4.08. The van der Waals surface area contributed by atoms with E-state index in [9.17, 15) is 13.2 Å². The van der Waals surface area contributed by atoms with Crippen LogP contribution in [0, 0.1) is 0 Å². The Morgan fingerprint density at radius 3 is 2.29 bits per heavy atom. The molecule has 0 aliphatic carbocycles. The van der Waals surface area contributed by atoms with E-state index in [-0.39, 0.29) is 6.42 Å². The van der Waals surface area contributed by atoms with Crippen LogP contribution in [0.15, 0.2) is 42.5 Å². The molecule has 0 aliphatic rings. The molecule has 0 heterocycles. The van der Waals surface area contributed by atoms with Crippen LogP contribution in [0.25, 0.3) is 0 Å². The highest BCUT2D eigenvalue weighted by atomic mass is 35.5. The minimum Gasteiger partial charge on any atom is -0.497 e. The Labute approximate surface area is 170 Å². The number of hydrogen-bond donors (Lipinski definition) is 1. The molecule has 1 amide bonds. The van der Waals surface area contributed by atoms with Gasteiger partial charge in [-0.3, -0.25) is 9.10 Å². The van der Waals surface area contributed by atoms with E-state index in [1.165, 1.54) is 14.2 Å². The normalized spacial score (nSPS) is 12.2. The van der Waals surface area contributed by atoms with Crippen molar-refractivity contribution >= 4 is 38.9 Å². The van der Waals surface area contributed by atoms with Crippen LogP contribution < -0.4 is 19.1 Å². The molecule has 7 nitrogen and oxygen atoms in total. The molecule has 2 aromatic carbocycles. The first-order valence-corrected chi connectivity index (χ1v) is 10.7. The summed E-state index contributed by atoms with van der Waals surface area (Å²) in [6.07, 6.45) is 1.32. The van der Waals surface area contributed by atoms with Crippen LogP contribution in [-0.4, -0.2) is 40.8 Å². The Morgan fingerprint density at radius 2 is 1.79 bits per heavy atom. The number of carbonyl (C=O) groups is 1. The largest absolute Gasteiger partial charge is 0.497 e. The number of anilines is 2. The third-order valence-corrected chi connectivity index (χ3v) is 5.51. The van der Waals surface area contributed by atoms with Crippen molar-refractivity contribution in [3.05, 3.63) is 47.5 Å². The number of halogens is 1. The lowest BCUT2D eigenvalue weighted by atomic mass is 10.1. The number of hydrogen-bond acceptors (Lipinski definition) is 5. The van der Waals surface area contributed by atoms with Crippen LogP contribution in [-0.2, 0) is 14.8 Å². The predicted octanol–water partition coefficient (Wildman–Crippen LogP) is 3.54.